The zero-order chi connectivity index (χ0) is 11.4. The molecule has 0 spiro atoms. The summed E-state index contributed by atoms with van der Waals surface area (Å²) in [5, 5.41) is 2.56. The molecular formula is C12H15BrCl2. The zero-order valence-corrected chi connectivity index (χ0v) is 12.0. The van der Waals surface area contributed by atoms with Crippen molar-refractivity contribution in [3.8, 4) is 0 Å². The summed E-state index contributed by atoms with van der Waals surface area (Å²) in [6.07, 6.45) is 0.975. The van der Waals surface area contributed by atoms with Gasteiger partial charge in [-0.15, -0.1) is 0 Å². The van der Waals surface area contributed by atoms with Crippen LogP contribution in [0.25, 0.3) is 0 Å². The van der Waals surface area contributed by atoms with Crippen molar-refractivity contribution in [1.82, 2.24) is 0 Å². The van der Waals surface area contributed by atoms with E-state index in [-0.39, 0.29) is 0 Å². The molecule has 0 heterocycles. The molecule has 0 aliphatic carbocycles. The molecule has 1 unspecified atom stereocenters. The number of halogens is 3. The molecule has 0 saturated heterocycles. The minimum atomic E-state index is 0.598. The van der Waals surface area contributed by atoms with Crippen LogP contribution in [0.15, 0.2) is 18.2 Å². The van der Waals surface area contributed by atoms with Gasteiger partial charge in [-0.3, -0.25) is 0 Å². The molecule has 3 heteroatoms. The molecule has 0 aliphatic rings. The van der Waals surface area contributed by atoms with Gasteiger partial charge in [0.2, 0.25) is 0 Å². The Hall–Kier alpha value is 0.280. The van der Waals surface area contributed by atoms with Gasteiger partial charge in [0.05, 0.1) is 0 Å². The minimum Gasteiger partial charge on any atom is -0.0925 e. The average Bonchev–Trinajstić information content (AvgIpc) is 2.18. The van der Waals surface area contributed by atoms with Crippen molar-refractivity contribution in [1.29, 1.82) is 0 Å². The minimum absolute atomic E-state index is 0.598. The first kappa shape index (κ1) is 13.3. The Balaban J connectivity index is 2.82. The standard InChI is InChI=1S/C12H15BrCl2/c1-8(2)10(7-13)5-9-6-11(14)3-4-12(9)15/h3-4,6,8,10H,5,7H2,1-2H3. The predicted molar refractivity (Wildman–Crippen MR) is 72.3 cm³/mol. The Kier molecular flexibility index (Phi) is 5.45. The van der Waals surface area contributed by atoms with Gasteiger partial charge in [0.1, 0.15) is 0 Å². The van der Waals surface area contributed by atoms with Crippen LogP contribution in [-0.4, -0.2) is 5.33 Å². The molecule has 1 aromatic rings. The molecule has 0 aliphatic heterocycles. The maximum Gasteiger partial charge on any atom is 0.0439 e. The normalized spacial score (nSPS) is 13.2. The molecule has 1 atom stereocenters. The molecule has 0 bridgehead atoms. The quantitative estimate of drug-likeness (QED) is 0.670. The third-order valence-corrected chi connectivity index (χ3v) is 4.07. The molecule has 1 rings (SSSR count). The summed E-state index contributed by atoms with van der Waals surface area (Å²) in [7, 11) is 0. The Morgan fingerprint density at radius 3 is 2.47 bits per heavy atom. The second-order valence-electron chi connectivity index (χ2n) is 4.10. The van der Waals surface area contributed by atoms with Crippen molar-refractivity contribution in [2.75, 3.05) is 5.33 Å². The van der Waals surface area contributed by atoms with E-state index in [2.05, 4.69) is 29.8 Å². The van der Waals surface area contributed by atoms with Gasteiger partial charge in [-0.25, -0.2) is 0 Å². The maximum atomic E-state index is 6.13. The fourth-order valence-corrected chi connectivity index (χ4v) is 2.82. The largest absolute Gasteiger partial charge is 0.0925 e. The molecule has 1 aromatic carbocycles. The molecule has 0 fully saturated rings. The molecule has 0 N–H and O–H groups in total. The fourth-order valence-electron chi connectivity index (χ4n) is 1.45. The summed E-state index contributed by atoms with van der Waals surface area (Å²) in [4.78, 5) is 0. The molecule has 84 valence electrons. The molecule has 0 saturated carbocycles. The molecule has 0 radical (unpaired) electrons. The molecule has 0 aromatic heterocycles. The average molecular weight is 310 g/mol. The summed E-state index contributed by atoms with van der Waals surface area (Å²) in [6.45, 7) is 4.45. The van der Waals surface area contributed by atoms with Crippen LogP contribution in [0.1, 0.15) is 19.4 Å². The smallest absolute Gasteiger partial charge is 0.0439 e. The summed E-state index contributed by atoms with van der Waals surface area (Å²) in [5.74, 6) is 1.24. The van der Waals surface area contributed by atoms with Gasteiger partial charge >= 0.3 is 0 Å². The van der Waals surface area contributed by atoms with E-state index in [1.54, 1.807) is 0 Å². The highest BCUT2D eigenvalue weighted by molar-refractivity contribution is 9.09. The van der Waals surface area contributed by atoms with E-state index in [1.807, 2.05) is 18.2 Å². The highest BCUT2D eigenvalue weighted by Crippen LogP contribution is 2.26. The Morgan fingerprint density at radius 1 is 1.27 bits per heavy atom. The van der Waals surface area contributed by atoms with E-state index in [1.165, 1.54) is 0 Å². The van der Waals surface area contributed by atoms with Crippen molar-refractivity contribution < 1.29 is 0 Å². The van der Waals surface area contributed by atoms with Crippen LogP contribution in [0, 0.1) is 11.8 Å². The monoisotopic (exact) mass is 308 g/mol. The SMILES string of the molecule is CC(C)C(CBr)Cc1cc(Cl)ccc1Cl. The highest BCUT2D eigenvalue weighted by atomic mass is 79.9. The summed E-state index contributed by atoms with van der Waals surface area (Å²) in [6, 6.07) is 5.65. The number of hydrogen-bond donors (Lipinski definition) is 0. The van der Waals surface area contributed by atoms with E-state index >= 15 is 0 Å². The van der Waals surface area contributed by atoms with Gasteiger partial charge in [0.25, 0.3) is 0 Å². The lowest BCUT2D eigenvalue weighted by atomic mass is 9.91. The van der Waals surface area contributed by atoms with Crippen molar-refractivity contribution >= 4 is 39.1 Å². The first-order valence-electron chi connectivity index (χ1n) is 5.04. The fraction of sp³-hybridized carbons (Fsp3) is 0.500. The van der Waals surface area contributed by atoms with Crippen LogP contribution in [-0.2, 0) is 6.42 Å². The van der Waals surface area contributed by atoms with Crippen molar-refractivity contribution in [3.05, 3.63) is 33.8 Å². The lowest BCUT2D eigenvalue weighted by Crippen LogP contribution is -2.13. The maximum absolute atomic E-state index is 6.13. The highest BCUT2D eigenvalue weighted by Gasteiger charge is 2.14. The van der Waals surface area contributed by atoms with Gasteiger partial charge in [0, 0.05) is 15.4 Å². The Bertz CT molecular complexity index is 323. The number of benzene rings is 1. The Morgan fingerprint density at radius 2 is 1.93 bits per heavy atom. The van der Waals surface area contributed by atoms with Gasteiger partial charge in [-0.05, 0) is 42.0 Å². The lowest BCUT2D eigenvalue weighted by molar-refractivity contribution is 0.427. The second kappa shape index (κ2) is 6.12. The number of hydrogen-bond acceptors (Lipinski definition) is 0. The topological polar surface area (TPSA) is 0 Å². The number of rotatable bonds is 4. The van der Waals surface area contributed by atoms with E-state index in [4.69, 9.17) is 23.2 Å². The first-order chi connectivity index (χ1) is 7.04. The molecular weight excluding hydrogens is 295 g/mol. The second-order valence-corrected chi connectivity index (χ2v) is 5.59. The van der Waals surface area contributed by atoms with Crippen LogP contribution in [0.5, 0.6) is 0 Å². The van der Waals surface area contributed by atoms with Crippen LogP contribution in [0.4, 0.5) is 0 Å². The summed E-state index contributed by atoms with van der Waals surface area (Å²) >= 11 is 15.6. The van der Waals surface area contributed by atoms with Crippen molar-refractivity contribution in [3.63, 3.8) is 0 Å². The van der Waals surface area contributed by atoms with Crippen LogP contribution < -0.4 is 0 Å². The van der Waals surface area contributed by atoms with Crippen molar-refractivity contribution in [2.45, 2.75) is 20.3 Å². The molecule has 0 nitrogen and oxygen atoms in total. The molecule has 15 heavy (non-hydrogen) atoms. The van der Waals surface area contributed by atoms with E-state index in [0.717, 1.165) is 27.4 Å². The summed E-state index contributed by atoms with van der Waals surface area (Å²) in [5.41, 5.74) is 1.14. The van der Waals surface area contributed by atoms with Gasteiger partial charge in [-0.2, -0.15) is 0 Å². The van der Waals surface area contributed by atoms with Gasteiger partial charge < -0.3 is 0 Å². The summed E-state index contributed by atoms with van der Waals surface area (Å²) < 4.78 is 0. The van der Waals surface area contributed by atoms with Gasteiger partial charge in [0.15, 0.2) is 0 Å². The van der Waals surface area contributed by atoms with Crippen molar-refractivity contribution in [2.24, 2.45) is 11.8 Å². The third-order valence-electron chi connectivity index (χ3n) is 2.63. The van der Waals surface area contributed by atoms with E-state index < -0.39 is 0 Å². The molecule has 0 amide bonds. The van der Waals surface area contributed by atoms with E-state index in [9.17, 15) is 0 Å². The number of alkyl halides is 1. The lowest BCUT2D eigenvalue weighted by Gasteiger charge is -2.18. The van der Waals surface area contributed by atoms with Gasteiger partial charge in [-0.1, -0.05) is 53.0 Å². The predicted octanol–water partition coefficient (Wildman–Crippen LogP) is 5.20. The zero-order valence-electron chi connectivity index (χ0n) is 8.93. The van der Waals surface area contributed by atoms with Crippen LogP contribution in [0.2, 0.25) is 10.0 Å². The van der Waals surface area contributed by atoms with E-state index in [0.29, 0.717) is 11.8 Å². The Labute approximate surface area is 110 Å². The first-order valence-corrected chi connectivity index (χ1v) is 6.92. The van der Waals surface area contributed by atoms with Crippen LogP contribution in [0.3, 0.4) is 0 Å². The third kappa shape index (κ3) is 3.97. The van der Waals surface area contributed by atoms with Crippen LogP contribution >= 0.6 is 39.1 Å².